The summed E-state index contributed by atoms with van der Waals surface area (Å²) >= 11 is 6.04. The summed E-state index contributed by atoms with van der Waals surface area (Å²) in [7, 11) is 0. The van der Waals surface area contributed by atoms with E-state index in [-0.39, 0.29) is 5.54 Å². The van der Waals surface area contributed by atoms with Gasteiger partial charge in [0.15, 0.2) is 11.5 Å². The van der Waals surface area contributed by atoms with E-state index in [9.17, 15) is 0 Å². The maximum atomic E-state index is 6.35. The Balaban J connectivity index is 1.35. The maximum Gasteiger partial charge on any atom is 0.166 e. The van der Waals surface area contributed by atoms with Crippen LogP contribution in [0.15, 0.2) is 42.5 Å². The third-order valence-electron chi connectivity index (χ3n) is 7.94. The van der Waals surface area contributed by atoms with Crippen LogP contribution >= 0.6 is 11.6 Å². The summed E-state index contributed by atoms with van der Waals surface area (Å²) in [5.41, 5.74) is 3.54. The van der Waals surface area contributed by atoms with Gasteiger partial charge in [-0.25, -0.2) is 0 Å². The summed E-state index contributed by atoms with van der Waals surface area (Å²) in [5, 5.41) is 4.80. The Morgan fingerprint density at radius 1 is 0.938 bits per heavy atom. The van der Waals surface area contributed by atoms with Crippen LogP contribution in [0, 0.1) is 16.7 Å². The van der Waals surface area contributed by atoms with E-state index in [1.807, 2.05) is 37.3 Å². The summed E-state index contributed by atoms with van der Waals surface area (Å²) in [6.07, 6.45) is 8.17. The molecule has 4 aliphatic rings. The third kappa shape index (κ3) is 4.39. The fraction of sp³-hybridized carbons (Fsp3) is 0.571. The molecule has 2 unspecified atom stereocenters. The van der Waals surface area contributed by atoms with Gasteiger partial charge in [0, 0.05) is 22.7 Å². The average molecular weight is 454 g/mol. The van der Waals surface area contributed by atoms with Gasteiger partial charge in [0.05, 0.1) is 6.61 Å². The van der Waals surface area contributed by atoms with E-state index in [2.05, 4.69) is 31.3 Å². The lowest BCUT2D eigenvalue weighted by molar-refractivity contribution is -0.118. The van der Waals surface area contributed by atoms with Crippen molar-refractivity contribution in [2.75, 3.05) is 6.61 Å². The van der Waals surface area contributed by atoms with Gasteiger partial charge in [-0.1, -0.05) is 49.7 Å². The number of ether oxygens (including phenoxy) is 2. The van der Waals surface area contributed by atoms with Gasteiger partial charge in [-0.2, -0.15) is 0 Å². The molecule has 6 rings (SSSR count). The molecule has 4 heteroatoms. The summed E-state index contributed by atoms with van der Waals surface area (Å²) < 4.78 is 12.3. The molecule has 0 saturated heterocycles. The molecular weight excluding hydrogens is 418 g/mol. The van der Waals surface area contributed by atoms with Crippen LogP contribution < -0.4 is 14.8 Å². The first kappa shape index (κ1) is 22.1. The highest BCUT2D eigenvalue weighted by molar-refractivity contribution is 6.30. The van der Waals surface area contributed by atoms with Gasteiger partial charge in [0.1, 0.15) is 6.61 Å². The molecule has 0 heterocycles. The summed E-state index contributed by atoms with van der Waals surface area (Å²) in [4.78, 5) is 0. The highest BCUT2D eigenvalue weighted by atomic mass is 35.5. The van der Waals surface area contributed by atoms with E-state index in [1.54, 1.807) is 0 Å². The van der Waals surface area contributed by atoms with Crippen molar-refractivity contribution >= 4 is 11.6 Å². The molecule has 4 saturated carbocycles. The third-order valence-corrected chi connectivity index (χ3v) is 8.19. The monoisotopic (exact) mass is 453 g/mol. The van der Waals surface area contributed by atoms with Crippen molar-refractivity contribution in [3.63, 3.8) is 0 Å². The molecule has 0 aliphatic heterocycles. The van der Waals surface area contributed by atoms with E-state index in [4.69, 9.17) is 21.1 Å². The van der Waals surface area contributed by atoms with E-state index >= 15 is 0 Å². The molecule has 4 bridgehead atoms. The molecule has 2 aromatic rings. The smallest absolute Gasteiger partial charge is 0.166 e. The van der Waals surface area contributed by atoms with E-state index in [0.29, 0.717) is 24.0 Å². The molecular formula is C28H36ClNO2. The number of rotatable bonds is 8. The molecule has 3 nitrogen and oxygen atoms in total. The Morgan fingerprint density at radius 2 is 1.66 bits per heavy atom. The van der Waals surface area contributed by atoms with Gasteiger partial charge >= 0.3 is 0 Å². The first-order valence-corrected chi connectivity index (χ1v) is 12.5. The number of hydrogen-bond donors (Lipinski definition) is 1. The predicted octanol–water partition coefficient (Wildman–Crippen LogP) is 7.16. The number of halogens is 1. The number of hydrogen-bond acceptors (Lipinski definition) is 3. The predicted molar refractivity (Wildman–Crippen MR) is 130 cm³/mol. The highest BCUT2D eigenvalue weighted by Gasteiger charge is 2.59. The molecule has 2 atom stereocenters. The highest BCUT2D eigenvalue weighted by Crippen LogP contribution is 2.66. The molecule has 172 valence electrons. The van der Waals surface area contributed by atoms with Gasteiger partial charge in [-0.3, -0.25) is 0 Å². The second-order valence-corrected chi connectivity index (χ2v) is 11.8. The Kier molecular flexibility index (Phi) is 5.70. The van der Waals surface area contributed by atoms with Crippen LogP contribution in [0.5, 0.6) is 11.5 Å². The fourth-order valence-corrected chi connectivity index (χ4v) is 7.92. The zero-order valence-corrected chi connectivity index (χ0v) is 20.4. The van der Waals surface area contributed by atoms with E-state index in [0.717, 1.165) is 34.5 Å². The maximum absolute atomic E-state index is 6.35. The summed E-state index contributed by atoms with van der Waals surface area (Å²) in [6, 6.07) is 14.1. The minimum atomic E-state index is 0.262. The van der Waals surface area contributed by atoms with Crippen LogP contribution in [0.25, 0.3) is 0 Å². The van der Waals surface area contributed by atoms with Gasteiger partial charge in [0.2, 0.25) is 0 Å². The average Bonchev–Trinajstić information content (AvgIpc) is 2.70. The van der Waals surface area contributed by atoms with Crippen LogP contribution in [-0.4, -0.2) is 12.1 Å². The zero-order chi connectivity index (χ0) is 22.4. The normalized spacial score (nSPS) is 32.8. The number of para-hydroxylation sites is 1. The minimum Gasteiger partial charge on any atom is -0.490 e. The quantitative estimate of drug-likeness (QED) is 0.460. The molecule has 0 aromatic heterocycles. The first-order chi connectivity index (χ1) is 15.3. The molecule has 0 spiro atoms. The second kappa shape index (κ2) is 8.25. The lowest BCUT2D eigenvalue weighted by Gasteiger charge is -2.65. The number of benzene rings is 2. The largest absolute Gasteiger partial charge is 0.490 e. The van der Waals surface area contributed by atoms with Crippen LogP contribution in [0.3, 0.4) is 0 Å². The van der Waals surface area contributed by atoms with Crippen molar-refractivity contribution in [3.8, 4) is 11.5 Å². The summed E-state index contributed by atoms with van der Waals surface area (Å²) in [5.74, 6) is 2.56. The topological polar surface area (TPSA) is 30.5 Å². The molecule has 2 aromatic carbocycles. The van der Waals surface area contributed by atoms with Crippen molar-refractivity contribution < 1.29 is 9.47 Å². The zero-order valence-electron chi connectivity index (χ0n) is 19.7. The van der Waals surface area contributed by atoms with Crippen LogP contribution in [0.1, 0.15) is 70.4 Å². The standard InChI is InChI=1S/C28H36ClNO2/c1-4-31-24-7-5-6-22(25(24)32-16-20-8-10-23(29)11-9-20)15-30-28-14-21-12-26(2,18-28)17-27(3,13-21)19-28/h5-11,21,30H,4,12-19H2,1-3H3. The Morgan fingerprint density at radius 3 is 2.31 bits per heavy atom. The van der Waals surface area contributed by atoms with Crippen molar-refractivity contribution in [2.24, 2.45) is 16.7 Å². The summed E-state index contributed by atoms with van der Waals surface area (Å²) in [6.45, 7) is 9.01. The van der Waals surface area contributed by atoms with Crippen LogP contribution in [-0.2, 0) is 13.2 Å². The Hall–Kier alpha value is -1.71. The van der Waals surface area contributed by atoms with Gasteiger partial charge in [-0.05, 0) is 86.0 Å². The van der Waals surface area contributed by atoms with Crippen LogP contribution in [0.2, 0.25) is 5.02 Å². The van der Waals surface area contributed by atoms with E-state index in [1.165, 1.54) is 44.1 Å². The van der Waals surface area contributed by atoms with Gasteiger partial charge < -0.3 is 14.8 Å². The Labute approximate surface area is 197 Å². The second-order valence-electron chi connectivity index (χ2n) is 11.4. The minimum absolute atomic E-state index is 0.262. The molecule has 0 radical (unpaired) electrons. The van der Waals surface area contributed by atoms with Gasteiger partial charge in [-0.15, -0.1) is 0 Å². The van der Waals surface area contributed by atoms with Gasteiger partial charge in [0.25, 0.3) is 0 Å². The van der Waals surface area contributed by atoms with Crippen molar-refractivity contribution in [3.05, 3.63) is 58.6 Å². The molecule has 1 N–H and O–H groups in total. The Bertz CT molecular complexity index is 954. The fourth-order valence-electron chi connectivity index (χ4n) is 7.80. The lowest BCUT2D eigenvalue weighted by atomic mass is 9.43. The number of nitrogens with one attached hydrogen (secondary N) is 1. The molecule has 4 aliphatic carbocycles. The molecule has 32 heavy (non-hydrogen) atoms. The first-order valence-electron chi connectivity index (χ1n) is 12.2. The molecule has 4 fully saturated rings. The van der Waals surface area contributed by atoms with Crippen molar-refractivity contribution in [2.45, 2.75) is 78.0 Å². The van der Waals surface area contributed by atoms with Crippen molar-refractivity contribution in [1.82, 2.24) is 5.32 Å². The van der Waals surface area contributed by atoms with Crippen LogP contribution in [0.4, 0.5) is 0 Å². The van der Waals surface area contributed by atoms with E-state index < -0.39 is 0 Å². The SMILES string of the molecule is CCOc1cccc(CNC23CC4CC(C)(CC(C)(C4)C2)C3)c1OCc1ccc(Cl)cc1. The molecule has 0 amide bonds. The van der Waals surface area contributed by atoms with Crippen molar-refractivity contribution in [1.29, 1.82) is 0 Å². The lowest BCUT2D eigenvalue weighted by Crippen LogP contribution is -2.63.